The fraction of sp³-hybridized carbons (Fsp3) is 0.462. The predicted octanol–water partition coefficient (Wildman–Crippen LogP) is 2.36. The summed E-state index contributed by atoms with van der Waals surface area (Å²) in [7, 11) is 0. The minimum absolute atomic E-state index is 0.0231. The summed E-state index contributed by atoms with van der Waals surface area (Å²) < 4.78 is 0. The van der Waals surface area contributed by atoms with Crippen LogP contribution in [0.3, 0.4) is 0 Å². The molecule has 0 unspecified atom stereocenters. The summed E-state index contributed by atoms with van der Waals surface area (Å²) in [6.07, 6.45) is 6.41. The highest BCUT2D eigenvalue weighted by atomic mass is 16.2. The number of hydrogen-bond donors (Lipinski definition) is 1. The largest absolute Gasteiger partial charge is 0.345 e. The molecule has 3 aliphatic carbocycles. The zero-order valence-corrected chi connectivity index (χ0v) is 9.71. The van der Waals surface area contributed by atoms with E-state index in [9.17, 15) is 4.79 Å². The fourth-order valence-electron chi connectivity index (χ4n) is 2.71. The summed E-state index contributed by atoms with van der Waals surface area (Å²) in [6.45, 7) is 2.09. The van der Waals surface area contributed by atoms with E-state index >= 15 is 0 Å². The average molecular weight is 227 g/mol. The van der Waals surface area contributed by atoms with Crippen LogP contribution in [0.5, 0.6) is 0 Å². The minimum atomic E-state index is -0.0697. The Bertz CT molecular complexity index is 573. The van der Waals surface area contributed by atoms with Gasteiger partial charge in [-0.15, -0.1) is 10.2 Å². The molecule has 1 aliphatic heterocycles. The Labute approximate surface area is 99.2 Å². The molecule has 2 saturated carbocycles. The molecule has 86 valence electrons. The van der Waals surface area contributed by atoms with E-state index in [0.717, 1.165) is 30.5 Å². The highest BCUT2D eigenvalue weighted by Gasteiger charge is 2.40. The summed E-state index contributed by atoms with van der Waals surface area (Å²) in [4.78, 5) is 12.1. The Morgan fingerprint density at radius 1 is 1.41 bits per heavy atom. The van der Waals surface area contributed by atoms with Crippen molar-refractivity contribution in [3.05, 3.63) is 34.2 Å². The molecular weight excluding hydrogens is 214 g/mol. The first-order chi connectivity index (χ1) is 8.16. The van der Waals surface area contributed by atoms with E-state index in [1.165, 1.54) is 17.6 Å². The lowest BCUT2D eigenvalue weighted by molar-refractivity contribution is -0.120. The van der Waals surface area contributed by atoms with E-state index < -0.39 is 0 Å². The van der Waals surface area contributed by atoms with Crippen LogP contribution in [0.2, 0.25) is 0 Å². The van der Waals surface area contributed by atoms with Gasteiger partial charge in [0.1, 0.15) is 0 Å². The van der Waals surface area contributed by atoms with Gasteiger partial charge in [-0.05, 0) is 43.4 Å². The Morgan fingerprint density at radius 3 is 2.94 bits per heavy atom. The molecule has 4 aliphatic rings. The normalized spacial score (nSPS) is 26.5. The monoisotopic (exact) mass is 227 g/mol. The number of carbonyl (C=O) groups excluding carboxylic acids is 1. The van der Waals surface area contributed by atoms with Crippen molar-refractivity contribution in [3.63, 3.8) is 0 Å². The van der Waals surface area contributed by atoms with Crippen LogP contribution >= 0.6 is 0 Å². The van der Waals surface area contributed by atoms with E-state index in [-0.39, 0.29) is 11.4 Å². The SMILES string of the molecule is CC1(NC(=O)C2=C3C=C4CC4=C3N=N2)CCC1. The average Bonchev–Trinajstić information content (AvgIpc) is 2.73. The van der Waals surface area contributed by atoms with Crippen molar-refractivity contribution < 1.29 is 4.79 Å². The molecule has 1 heterocycles. The first-order valence-electron chi connectivity index (χ1n) is 6.09. The van der Waals surface area contributed by atoms with Gasteiger partial charge in [0.05, 0.1) is 5.70 Å². The van der Waals surface area contributed by atoms with Gasteiger partial charge in [0.2, 0.25) is 0 Å². The lowest BCUT2D eigenvalue weighted by Crippen LogP contribution is -2.51. The van der Waals surface area contributed by atoms with Gasteiger partial charge in [-0.3, -0.25) is 4.79 Å². The molecule has 0 aromatic carbocycles. The summed E-state index contributed by atoms with van der Waals surface area (Å²) in [5.41, 5.74) is 4.95. The third-order valence-electron chi connectivity index (χ3n) is 4.08. The van der Waals surface area contributed by atoms with Gasteiger partial charge in [0, 0.05) is 17.5 Å². The highest BCUT2D eigenvalue weighted by Crippen LogP contribution is 2.51. The van der Waals surface area contributed by atoms with Crippen molar-refractivity contribution >= 4 is 5.91 Å². The number of hydrogen-bond acceptors (Lipinski definition) is 3. The maximum absolute atomic E-state index is 12.1. The molecule has 0 spiro atoms. The quantitative estimate of drug-likeness (QED) is 0.773. The maximum atomic E-state index is 12.1. The van der Waals surface area contributed by atoms with Crippen LogP contribution < -0.4 is 5.32 Å². The molecule has 1 amide bonds. The zero-order chi connectivity index (χ0) is 11.6. The fourth-order valence-corrected chi connectivity index (χ4v) is 2.71. The summed E-state index contributed by atoms with van der Waals surface area (Å²) in [5.74, 6) is -0.0697. The number of azo groups is 1. The van der Waals surface area contributed by atoms with E-state index in [0.29, 0.717) is 5.70 Å². The molecular formula is C13H13N3O. The summed E-state index contributed by atoms with van der Waals surface area (Å²) in [6, 6.07) is 0. The van der Waals surface area contributed by atoms with Gasteiger partial charge in [-0.25, -0.2) is 0 Å². The van der Waals surface area contributed by atoms with Crippen LogP contribution in [0.15, 0.2) is 44.4 Å². The van der Waals surface area contributed by atoms with E-state index in [4.69, 9.17) is 0 Å². The Morgan fingerprint density at radius 2 is 2.24 bits per heavy atom. The third kappa shape index (κ3) is 1.21. The lowest BCUT2D eigenvalue weighted by atomic mass is 9.78. The molecule has 0 atom stereocenters. The van der Waals surface area contributed by atoms with Crippen molar-refractivity contribution in [2.24, 2.45) is 10.2 Å². The summed E-state index contributed by atoms with van der Waals surface area (Å²) in [5, 5.41) is 11.2. The Hall–Kier alpha value is -1.71. The number of nitrogens with zero attached hydrogens (tertiary/aromatic N) is 2. The molecule has 0 aromatic rings. The van der Waals surface area contributed by atoms with Gasteiger partial charge >= 0.3 is 0 Å². The second kappa shape index (κ2) is 2.75. The summed E-state index contributed by atoms with van der Waals surface area (Å²) >= 11 is 0. The van der Waals surface area contributed by atoms with Crippen molar-refractivity contribution in [3.8, 4) is 0 Å². The molecule has 2 fully saturated rings. The topological polar surface area (TPSA) is 53.8 Å². The van der Waals surface area contributed by atoms with Crippen LogP contribution in [0, 0.1) is 0 Å². The van der Waals surface area contributed by atoms with Gasteiger partial charge in [-0.2, -0.15) is 0 Å². The molecule has 0 saturated heterocycles. The lowest BCUT2D eigenvalue weighted by Gasteiger charge is -2.39. The highest BCUT2D eigenvalue weighted by molar-refractivity contribution is 5.97. The van der Waals surface area contributed by atoms with Crippen LogP contribution in [0.1, 0.15) is 32.6 Å². The second-order valence-electron chi connectivity index (χ2n) is 5.50. The number of rotatable bonds is 2. The third-order valence-corrected chi connectivity index (χ3v) is 4.08. The number of fused-ring (bicyclic) bond motifs is 2. The van der Waals surface area contributed by atoms with Crippen LogP contribution in [-0.2, 0) is 4.79 Å². The standard InChI is InChI=1S/C13H13N3O/c1-13(3-2-4-13)14-12(17)11-9-6-7-5-8(7)10(9)15-16-11/h6H,2-5H2,1H3,(H,14,17). The Kier molecular flexibility index (Phi) is 1.51. The molecule has 0 radical (unpaired) electrons. The second-order valence-corrected chi connectivity index (χ2v) is 5.50. The smallest absolute Gasteiger partial charge is 0.272 e. The van der Waals surface area contributed by atoms with Crippen molar-refractivity contribution in [1.82, 2.24) is 5.32 Å². The van der Waals surface area contributed by atoms with Crippen LogP contribution in [0.25, 0.3) is 0 Å². The number of allylic oxidation sites excluding steroid dienone is 3. The first-order valence-corrected chi connectivity index (χ1v) is 6.09. The van der Waals surface area contributed by atoms with Crippen molar-refractivity contribution in [2.75, 3.05) is 0 Å². The van der Waals surface area contributed by atoms with E-state index in [1.807, 2.05) is 0 Å². The number of amides is 1. The van der Waals surface area contributed by atoms with Gasteiger partial charge < -0.3 is 5.32 Å². The Balaban J connectivity index is 1.62. The van der Waals surface area contributed by atoms with E-state index in [1.54, 1.807) is 0 Å². The molecule has 0 bridgehead atoms. The first kappa shape index (κ1) is 9.33. The maximum Gasteiger partial charge on any atom is 0.272 e. The molecule has 0 aromatic heterocycles. The number of carbonyl (C=O) groups is 1. The minimum Gasteiger partial charge on any atom is -0.345 e. The van der Waals surface area contributed by atoms with Gasteiger partial charge in [0.15, 0.2) is 5.70 Å². The van der Waals surface area contributed by atoms with Crippen LogP contribution in [-0.4, -0.2) is 11.4 Å². The molecule has 4 rings (SSSR count). The predicted molar refractivity (Wildman–Crippen MR) is 62.0 cm³/mol. The number of nitrogens with one attached hydrogen (secondary N) is 1. The van der Waals surface area contributed by atoms with Crippen LogP contribution in [0.4, 0.5) is 0 Å². The van der Waals surface area contributed by atoms with Gasteiger partial charge in [0.25, 0.3) is 5.91 Å². The van der Waals surface area contributed by atoms with Gasteiger partial charge in [-0.1, -0.05) is 0 Å². The van der Waals surface area contributed by atoms with Crippen molar-refractivity contribution in [1.29, 1.82) is 0 Å². The van der Waals surface area contributed by atoms with Crippen molar-refractivity contribution in [2.45, 2.75) is 38.1 Å². The molecule has 1 N–H and O–H groups in total. The van der Waals surface area contributed by atoms with E-state index in [2.05, 4.69) is 28.5 Å². The zero-order valence-electron chi connectivity index (χ0n) is 9.71. The molecule has 4 nitrogen and oxygen atoms in total. The molecule has 4 heteroatoms. The molecule has 17 heavy (non-hydrogen) atoms.